The summed E-state index contributed by atoms with van der Waals surface area (Å²) in [6, 6.07) is 36.5. The van der Waals surface area contributed by atoms with Gasteiger partial charge < -0.3 is 14.0 Å². The van der Waals surface area contributed by atoms with E-state index >= 15 is 0 Å². The average Bonchev–Trinajstić information content (AvgIpc) is 3.54. The van der Waals surface area contributed by atoms with Gasteiger partial charge in [-0.2, -0.15) is 0 Å². The van der Waals surface area contributed by atoms with E-state index in [0.29, 0.717) is 0 Å². The van der Waals surface area contributed by atoms with Crippen LogP contribution < -0.4 is 21.3 Å². The van der Waals surface area contributed by atoms with Gasteiger partial charge in [-0.3, -0.25) is 0 Å². The second-order valence-electron chi connectivity index (χ2n) is 12.7. The summed E-state index contributed by atoms with van der Waals surface area (Å²) >= 11 is 0. The van der Waals surface area contributed by atoms with Gasteiger partial charge in [0.25, 0.3) is 6.71 Å². The zero-order chi connectivity index (χ0) is 30.6. The molecule has 2 aliphatic heterocycles. The summed E-state index contributed by atoms with van der Waals surface area (Å²) in [5.41, 5.74) is 18.2. The van der Waals surface area contributed by atoms with Crippen LogP contribution >= 0.6 is 0 Å². The lowest BCUT2D eigenvalue weighted by atomic mass is 9.34. The lowest BCUT2D eigenvalue weighted by Gasteiger charge is -2.39. The van der Waals surface area contributed by atoms with Crippen LogP contribution in [0.4, 0.5) is 11.4 Å². The molecule has 0 N–H and O–H groups in total. The fourth-order valence-electron chi connectivity index (χ4n) is 8.21. The number of allylic oxidation sites excluding steroid dienone is 4. The fraction of sp³-hybridized carbons (Fsp3) is 0.122. The van der Waals surface area contributed by atoms with Gasteiger partial charge >= 0.3 is 0 Å². The molecule has 0 radical (unpaired) electrons. The highest BCUT2D eigenvalue weighted by molar-refractivity contribution is 7.00. The molecule has 0 spiro atoms. The molecule has 3 nitrogen and oxygen atoms in total. The second-order valence-corrected chi connectivity index (χ2v) is 12.7. The molecule has 216 valence electrons. The molecule has 0 fully saturated rings. The van der Waals surface area contributed by atoms with Crippen molar-refractivity contribution in [3.63, 3.8) is 0 Å². The largest absolute Gasteiger partial charge is 0.345 e. The molecule has 0 unspecified atom stereocenters. The quantitative estimate of drug-likeness (QED) is 0.151. The van der Waals surface area contributed by atoms with E-state index in [1.165, 1.54) is 94.2 Å². The Morgan fingerprint density at radius 1 is 0.689 bits per heavy atom. The third-order valence-corrected chi connectivity index (χ3v) is 10.4. The standard InChI is InChI=1S/C41H34BN3/c1-6-7-13-25(2)44-35-18-10-8-14-31(35)32-22-28(20-21-36(32)44)29-23-38-40-39(24-29)45-27(4)26(3)30-15-12-17-34(41(30)45)42(40)33-16-9-11-19-37(33)43(38)5/h6-24H,1-5H3/b7-6-,25-13+. The molecular weight excluding hydrogens is 545 g/mol. The van der Waals surface area contributed by atoms with Crippen LogP contribution in [0.15, 0.2) is 115 Å². The highest BCUT2D eigenvalue weighted by atomic mass is 15.1. The Hall–Kier alpha value is -5.22. The summed E-state index contributed by atoms with van der Waals surface area (Å²) in [4.78, 5) is 2.41. The number of hydrogen-bond acceptors (Lipinski definition) is 1. The van der Waals surface area contributed by atoms with Gasteiger partial charge in [0.15, 0.2) is 0 Å². The van der Waals surface area contributed by atoms with E-state index in [-0.39, 0.29) is 6.71 Å². The van der Waals surface area contributed by atoms with E-state index < -0.39 is 0 Å². The van der Waals surface area contributed by atoms with Crippen LogP contribution in [0, 0.1) is 13.8 Å². The summed E-state index contributed by atoms with van der Waals surface area (Å²) in [7, 11) is 2.23. The highest BCUT2D eigenvalue weighted by Gasteiger charge is 2.40. The Morgan fingerprint density at radius 3 is 2.29 bits per heavy atom. The van der Waals surface area contributed by atoms with Gasteiger partial charge in [0.1, 0.15) is 0 Å². The van der Waals surface area contributed by atoms with Crippen LogP contribution in [0.3, 0.4) is 0 Å². The van der Waals surface area contributed by atoms with Gasteiger partial charge in [0, 0.05) is 57.2 Å². The van der Waals surface area contributed by atoms with E-state index in [4.69, 9.17) is 0 Å². The summed E-state index contributed by atoms with van der Waals surface area (Å²) in [5, 5.41) is 3.91. The van der Waals surface area contributed by atoms with Crippen LogP contribution in [-0.2, 0) is 0 Å². The zero-order valence-electron chi connectivity index (χ0n) is 26.4. The summed E-state index contributed by atoms with van der Waals surface area (Å²) < 4.78 is 4.93. The molecule has 0 atom stereocenters. The van der Waals surface area contributed by atoms with E-state index in [9.17, 15) is 0 Å². The smallest absolute Gasteiger partial charge is 0.252 e. The molecule has 4 heteroatoms. The van der Waals surface area contributed by atoms with Gasteiger partial charge in [-0.25, -0.2) is 0 Å². The first-order chi connectivity index (χ1) is 22.0. The van der Waals surface area contributed by atoms with Gasteiger partial charge in [0.2, 0.25) is 0 Å². The molecule has 0 saturated carbocycles. The Morgan fingerprint density at radius 2 is 1.42 bits per heavy atom. The van der Waals surface area contributed by atoms with Crippen molar-refractivity contribution in [3.8, 4) is 16.8 Å². The van der Waals surface area contributed by atoms with Crippen molar-refractivity contribution in [1.82, 2.24) is 9.13 Å². The van der Waals surface area contributed by atoms with Gasteiger partial charge in [-0.1, -0.05) is 72.8 Å². The molecule has 0 saturated heterocycles. The van der Waals surface area contributed by atoms with Gasteiger partial charge in [0.05, 0.1) is 11.0 Å². The van der Waals surface area contributed by atoms with Crippen LogP contribution in [0.2, 0.25) is 0 Å². The SMILES string of the molecule is C/C=C\C=C(/C)n1c2ccccc2c2cc(-c3cc4c5c(c3)-n3c(C)c(C)c6cccc(c63)B5c3ccccc3N4C)ccc21. The summed E-state index contributed by atoms with van der Waals surface area (Å²) in [5.74, 6) is 0. The zero-order valence-corrected chi connectivity index (χ0v) is 26.4. The maximum atomic E-state index is 2.54. The van der Waals surface area contributed by atoms with Gasteiger partial charge in [-0.15, -0.1) is 0 Å². The van der Waals surface area contributed by atoms with Crippen molar-refractivity contribution in [2.45, 2.75) is 27.7 Å². The maximum Gasteiger partial charge on any atom is 0.252 e. The first kappa shape index (κ1) is 26.2. The minimum atomic E-state index is 0.203. The number of aryl methyl sites for hydroxylation is 1. The third kappa shape index (κ3) is 3.43. The number of hydrogen-bond donors (Lipinski definition) is 0. The molecule has 7 aromatic rings. The predicted molar refractivity (Wildman–Crippen MR) is 195 cm³/mol. The van der Waals surface area contributed by atoms with Crippen LogP contribution in [0.1, 0.15) is 25.1 Å². The van der Waals surface area contributed by atoms with E-state index in [1.54, 1.807) is 0 Å². The van der Waals surface area contributed by atoms with Crippen molar-refractivity contribution in [1.29, 1.82) is 0 Å². The number of nitrogens with zero attached hydrogens (tertiary/aromatic N) is 3. The number of rotatable bonds is 3. The molecule has 4 heterocycles. The first-order valence-corrected chi connectivity index (χ1v) is 15.9. The number of fused-ring (bicyclic) bond motifs is 7. The summed E-state index contributed by atoms with van der Waals surface area (Å²) in [6.45, 7) is 9.01. The number of benzene rings is 5. The maximum absolute atomic E-state index is 2.54. The Kier molecular flexibility index (Phi) is 5.47. The molecule has 2 aromatic heterocycles. The summed E-state index contributed by atoms with van der Waals surface area (Å²) in [6.07, 6.45) is 6.39. The lowest BCUT2D eigenvalue weighted by molar-refractivity contribution is 1.04. The first-order valence-electron chi connectivity index (χ1n) is 15.9. The Balaban J connectivity index is 1.35. The fourth-order valence-corrected chi connectivity index (χ4v) is 8.21. The monoisotopic (exact) mass is 579 g/mol. The molecule has 0 bridgehead atoms. The van der Waals surface area contributed by atoms with Crippen molar-refractivity contribution >= 4 is 72.9 Å². The molecule has 45 heavy (non-hydrogen) atoms. The molecule has 0 amide bonds. The second kappa shape index (κ2) is 9.39. The average molecular weight is 580 g/mol. The Labute approximate surface area is 264 Å². The van der Waals surface area contributed by atoms with Crippen molar-refractivity contribution in [2.75, 3.05) is 11.9 Å². The van der Waals surface area contributed by atoms with Crippen LogP contribution in [0.25, 0.3) is 55.2 Å². The van der Waals surface area contributed by atoms with Crippen LogP contribution in [0.5, 0.6) is 0 Å². The number of aromatic nitrogens is 2. The van der Waals surface area contributed by atoms with Crippen molar-refractivity contribution in [2.24, 2.45) is 0 Å². The van der Waals surface area contributed by atoms with E-state index in [0.717, 1.165) is 0 Å². The number of anilines is 2. The minimum absolute atomic E-state index is 0.203. The topological polar surface area (TPSA) is 13.1 Å². The molecular formula is C41H34BN3. The minimum Gasteiger partial charge on any atom is -0.345 e. The van der Waals surface area contributed by atoms with E-state index in [2.05, 4.69) is 164 Å². The van der Waals surface area contributed by atoms with Gasteiger partial charge in [-0.05, 0) is 103 Å². The molecule has 0 aliphatic carbocycles. The van der Waals surface area contributed by atoms with Crippen molar-refractivity contribution < 1.29 is 0 Å². The van der Waals surface area contributed by atoms with E-state index in [1.807, 2.05) is 0 Å². The van der Waals surface area contributed by atoms with Crippen molar-refractivity contribution in [3.05, 3.63) is 127 Å². The highest BCUT2D eigenvalue weighted by Crippen LogP contribution is 2.40. The molecule has 5 aromatic carbocycles. The molecule has 9 rings (SSSR count). The number of para-hydroxylation sites is 3. The molecule has 2 aliphatic rings. The Bertz CT molecular complexity index is 2450. The lowest BCUT2D eigenvalue weighted by Crippen LogP contribution is -2.60. The third-order valence-electron chi connectivity index (χ3n) is 10.4. The van der Waals surface area contributed by atoms with Crippen LogP contribution in [-0.4, -0.2) is 22.9 Å². The predicted octanol–water partition coefficient (Wildman–Crippen LogP) is 8.37. The normalized spacial score (nSPS) is 13.8.